The number of carbonyl (C=O) groups is 1. The summed E-state index contributed by atoms with van der Waals surface area (Å²) in [6.07, 6.45) is 0. The fourth-order valence-electron chi connectivity index (χ4n) is 3.95. The molecular weight excluding hydrogens is 365 g/mol. The largest absolute Gasteiger partial charge is 0.494 e. The predicted octanol–water partition coefficient (Wildman–Crippen LogP) is 3.17. The Bertz CT molecular complexity index is 887. The van der Waals surface area contributed by atoms with Gasteiger partial charge in [0.2, 0.25) is 6.79 Å². The number of fused-ring (bicyclic) bond motifs is 1. The molecule has 4 rings (SSSR count). The standard InChI is InChI=1S/C21H22FNO5/c1-3-26-21(24)19-14(12-4-7-17-18(9-12)28-11-27-17)10-23-20(19)13-5-6-16(25-2)15(22)8-13/h4-9,14,19-20,23H,3,10-11H2,1-2H3/t14-,19-,20+/m1/s1. The number of halogens is 1. The summed E-state index contributed by atoms with van der Waals surface area (Å²) in [5.74, 6) is 0.126. The summed E-state index contributed by atoms with van der Waals surface area (Å²) < 4.78 is 35.4. The Morgan fingerprint density at radius 2 is 1.96 bits per heavy atom. The lowest BCUT2D eigenvalue weighted by atomic mass is 9.82. The molecule has 0 radical (unpaired) electrons. The van der Waals surface area contributed by atoms with Crippen LogP contribution < -0.4 is 19.5 Å². The van der Waals surface area contributed by atoms with E-state index in [1.54, 1.807) is 19.1 Å². The summed E-state index contributed by atoms with van der Waals surface area (Å²) >= 11 is 0. The van der Waals surface area contributed by atoms with Crippen LogP contribution in [0.3, 0.4) is 0 Å². The molecule has 1 fully saturated rings. The summed E-state index contributed by atoms with van der Waals surface area (Å²) in [7, 11) is 1.42. The van der Waals surface area contributed by atoms with Crippen molar-refractivity contribution in [1.82, 2.24) is 5.32 Å². The number of methoxy groups -OCH3 is 1. The molecule has 28 heavy (non-hydrogen) atoms. The van der Waals surface area contributed by atoms with Crippen LogP contribution >= 0.6 is 0 Å². The van der Waals surface area contributed by atoms with Gasteiger partial charge in [0.15, 0.2) is 23.1 Å². The first-order valence-electron chi connectivity index (χ1n) is 9.25. The third kappa shape index (κ3) is 3.26. The van der Waals surface area contributed by atoms with Crippen molar-refractivity contribution >= 4 is 5.97 Å². The van der Waals surface area contributed by atoms with E-state index in [4.69, 9.17) is 18.9 Å². The van der Waals surface area contributed by atoms with E-state index >= 15 is 0 Å². The summed E-state index contributed by atoms with van der Waals surface area (Å²) in [5.41, 5.74) is 1.63. The van der Waals surface area contributed by atoms with Gasteiger partial charge in [-0.25, -0.2) is 4.39 Å². The molecule has 0 aliphatic carbocycles. The Balaban J connectivity index is 1.68. The molecule has 0 spiro atoms. The minimum atomic E-state index is -0.492. The number of hydrogen-bond acceptors (Lipinski definition) is 6. The molecule has 1 saturated heterocycles. The molecule has 2 aromatic carbocycles. The van der Waals surface area contributed by atoms with Crippen LogP contribution in [0.2, 0.25) is 0 Å². The van der Waals surface area contributed by atoms with Crippen molar-refractivity contribution in [3.8, 4) is 17.2 Å². The lowest BCUT2D eigenvalue weighted by Crippen LogP contribution is -2.27. The van der Waals surface area contributed by atoms with Crippen LogP contribution in [0.4, 0.5) is 4.39 Å². The Hall–Kier alpha value is -2.80. The lowest BCUT2D eigenvalue weighted by molar-refractivity contribution is -0.148. The Morgan fingerprint density at radius 1 is 1.18 bits per heavy atom. The third-order valence-electron chi connectivity index (χ3n) is 5.27. The van der Waals surface area contributed by atoms with E-state index in [9.17, 15) is 9.18 Å². The fraction of sp³-hybridized carbons (Fsp3) is 0.381. The van der Waals surface area contributed by atoms with E-state index in [0.717, 1.165) is 5.56 Å². The number of benzene rings is 2. The van der Waals surface area contributed by atoms with Crippen molar-refractivity contribution in [2.45, 2.75) is 18.9 Å². The van der Waals surface area contributed by atoms with Gasteiger partial charge >= 0.3 is 5.97 Å². The van der Waals surface area contributed by atoms with Crippen LogP contribution in [-0.4, -0.2) is 33.0 Å². The molecule has 0 unspecified atom stereocenters. The van der Waals surface area contributed by atoms with Crippen LogP contribution in [-0.2, 0) is 9.53 Å². The molecular formula is C21H22FNO5. The first-order chi connectivity index (χ1) is 13.6. The highest BCUT2D eigenvalue weighted by Crippen LogP contribution is 2.43. The molecule has 7 heteroatoms. The second-order valence-electron chi connectivity index (χ2n) is 6.78. The van der Waals surface area contributed by atoms with E-state index in [1.807, 2.05) is 18.2 Å². The van der Waals surface area contributed by atoms with Crippen molar-refractivity contribution < 1.29 is 28.1 Å². The van der Waals surface area contributed by atoms with Crippen LogP contribution in [0.25, 0.3) is 0 Å². The first-order valence-corrected chi connectivity index (χ1v) is 9.25. The molecule has 0 bridgehead atoms. The van der Waals surface area contributed by atoms with E-state index in [-0.39, 0.29) is 37.1 Å². The van der Waals surface area contributed by atoms with Gasteiger partial charge in [0.05, 0.1) is 19.6 Å². The SMILES string of the molecule is CCOC(=O)[C@@H]1[C@@H](c2ccc3c(c2)OCO3)CN[C@H]1c1ccc(OC)c(F)c1. The van der Waals surface area contributed by atoms with Crippen LogP contribution in [0.15, 0.2) is 36.4 Å². The summed E-state index contributed by atoms with van der Waals surface area (Å²) in [4.78, 5) is 12.8. The highest BCUT2D eigenvalue weighted by atomic mass is 19.1. The highest BCUT2D eigenvalue weighted by molar-refractivity contribution is 5.76. The zero-order chi connectivity index (χ0) is 19.7. The van der Waals surface area contributed by atoms with Gasteiger partial charge in [-0.05, 0) is 42.3 Å². The van der Waals surface area contributed by atoms with E-state index in [0.29, 0.717) is 23.6 Å². The van der Waals surface area contributed by atoms with Crippen molar-refractivity contribution in [1.29, 1.82) is 0 Å². The highest BCUT2D eigenvalue weighted by Gasteiger charge is 2.44. The summed E-state index contributed by atoms with van der Waals surface area (Å²) in [6.45, 7) is 2.81. The van der Waals surface area contributed by atoms with Crippen molar-refractivity contribution in [3.63, 3.8) is 0 Å². The summed E-state index contributed by atoms with van der Waals surface area (Å²) in [5, 5.41) is 3.36. The maximum Gasteiger partial charge on any atom is 0.311 e. The molecule has 2 aliphatic rings. The van der Waals surface area contributed by atoms with Crippen molar-refractivity contribution in [2.75, 3.05) is 27.1 Å². The van der Waals surface area contributed by atoms with E-state index in [2.05, 4.69) is 5.32 Å². The Kier molecular flexibility index (Phi) is 5.09. The zero-order valence-corrected chi connectivity index (χ0v) is 15.7. The molecule has 0 amide bonds. The normalized spacial score (nSPS) is 22.9. The van der Waals surface area contributed by atoms with Gasteiger partial charge in [-0.1, -0.05) is 12.1 Å². The number of hydrogen-bond donors (Lipinski definition) is 1. The average molecular weight is 387 g/mol. The van der Waals surface area contributed by atoms with Crippen LogP contribution in [0, 0.1) is 11.7 Å². The molecule has 1 N–H and O–H groups in total. The zero-order valence-electron chi connectivity index (χ0n) is 15.7. The smallest absolute Gasteiger partial charge is 0.311 e. The Morgan fingerprint density at radius 3 is 2.71 bits per heavy atom. The lowest BCUT2D eigenvalue weighted by Gasteiger charge is -2.23. The molecule has 6 nitrogen and oxygen atoms in total. The van der Waals surface area contributed by atoms with Crippen molar-refractivity contribution in [2.24, 2.45) is 5.92 Å². The topological polar surface area (TPSA) is 66.0 Å². The van der Waals surface area contributed by atoms with Gasteiger partial charge in [-0.15, -0.1) is 0 Å². The van der Waals surface area contributed by atoms with E-state index in [1.165, 1.54) is 13.2 Å². The van der Waals surface area contributed by atoms with Gasteiger partial charge in [-0.2, -0.15) is 0 Å². The number of esters is 1. The van der Waals surface area contributed by atoms with Gasteiger partial charge in [0, 0.05) is 18.5 Å². The maximum atomic E-state index is 14.3. The minimum Gasteiger partial charge on any atom is -0.494 e. The predicted molar refractivity (Wildman–Crippen MR) is 99.1 cm³/mol. The van der Waals surface area contributed by atoms with Gasteiger partial charge < -0.3 is 24.3 Å². The molecule has 0 aromatic heterocycles. The Labute approximate surface area is 162 Å². The summed E-state index contributed by atoms with van der Waals surface area (Å²) in [6, 6.07) is 10.1. The number of carbonyl (C=O) groups excluding carboxylic acids is 1. The monoisotopic (exact) mass is 387 g/mol. The van der Waals surface area contributed by atoms with E-state index < -0.39 is 11.7 Å². The van der Waals surface area contributed by atoms with Crippen molar-refractivity contribution in [3.05, 3.63) is 53.3 Å². The molecule has 2 aromatic rings. The number of nitrogens with one attached hydrogen (secondary N) is 1. The quantitative estimate of drug-likeness (QED) is 0.795. The maximum absolute atomic E-state index is 14.3. The average Bonchev–Trinajstić information content (AvgIpc) is 3.34. The van der Waals surface area contributed by atoms with Crippen LogP contribution in [0.1, 0.15) is 30.0 Å². The molecule has 2 heterocycles. The fourth-order valence-corrected chi connectivity index (χ4v) is 3.95. The second-order valence-corrected chi connectivity index (χ2v) is 6.78. The molecule has 148 valence electrons. The minimum absolute atomic E-state index is 0.135. The first kappa shape index (κ1) is 18.6. The number of rotatable bonds is 5. The van der Waals surface area contributed by atoms with Gasteiger partial charge in [0.1, 0.15) is 0 Å². The van der Waals surface area contributed by atoms with Gasteiger partial charge in [0.25, 0.3) is 0 Å². The molecule has 3 atom stereocenters. The van der Waals surface area contributed by atoms with Crippen LogP contribution in [0.5, 0.6) is 17.2 Å². The second kappa shape index (κ2) is 7.67. The molecule has 2 aliphatic heterocycles. The van der Waals surface area contributed by atoms with Gasteiger partial charge in [-0.3, -0.25) is 4.79 Å². The third-order valence-corrected chi connectivity index (χ3v) is 5.27. The number of ether oxygens (including phenoxy) is 4. The molecule has 0 saturated carbocycles.